The van der Waals surface area contributed by atoms with Gasteiger partial charge in [0.2, 0.25) is 10.0 Å². The Kier molecular flexibility index (Phi) is 10.9. The molecule has 0 spiro atoms. The minimum Gasteiger partial charge on any atom is -0.357 e. The molecule has 2 N–H and O–H groups in total. The average molecular weight is 537 g/mol. The highest BCUT2D eigenvalue weighted by Crippen LogP contribution is 2.12. The van der Waals surface area contributed by atoms with Gasteiger partial charge < -0.3 is 15.5 Å². The normalized spacial score (nSPS) is 16.2. The number of aliphatic imine (C=N–C) groups is 1. The summed E-state index contributed by atoms with van der Waals surface area (Å²) in [4.78, 5) is 18.1. The second kappa shape index (κ2) is 12.3. The summed E-state index contributed by atoms with van der Waals surface area (Å²) in [5.41, 5.74) is 1.74. The van der Waals surface area contributed by atoms with E-state index < -0.39 is 10.0 Å². The molecule has 1 amide bonds. The largest absolute Gasteiger partial charge is 0.357 e. The van der Waals surface area contributed by atoms with Gasteiger partial charge in [0.15, 0.2) is 5.96 Å². The lowest BCUT2D eigenvalue weighted by atomic mass is 10.1. The third-order valence-electron chi connectivity index (χ3n) is 4.45. The Morgan fingerprint density at radius 1 is 1.28 bits per heavy atom. The number of rotatable bonds is 8. The zero-order valence-corrected chi connectivity index (χ0v) is 20.5. The molecule has 164 valence electrons. The molecule has 0 radical (unpaired) electrons. The molecule has 1 aliphatic heterocycles. The zero-order valence-electron chi connectivity index (χ0n) is 17.3. The molecule has 0 aliphatic carbocycles. The number of carbonyl (C=O) groups excluding carboxylic acids is 1. The highest BCUT2D eigenvalue weighted by molar-refractivity contribution is 14.0. The van der Waals surface area contributed by atoms with Crippen LogP contribution in [0.15, 0.2) is 29.3 Å². The van der Waals surface area contributed by atoms with Gasteiger partial charge in [0.05, 0.1) is 12.3 Å². The van der Waals surface area contributed by atoms with Gasteiger partial charge in [0, 0.05) is 45.8 Å². The summed E-state index contributed by atoms with van der Waals surface area (Å²) in [5, 5.41) is 6.43. The third-order valence-corrected chi connectivity index (χ3v) is 6.41. The molecule has 10 heteroatoms. The maximum absolute atomic E-state index is 12.1. The van der Waals surface area contributed by atoms with Gasteiger partial charge in [-0.1, -0.05) is 12.1 Å². The van der Waals surface area contributed by atoms with E-state index in [4.69, 9.17) is 0 Å². The van der Waals surface area contributed by atoms with Crippen LogP contribution in [-0.4, -0.2) is 82.1 Å². The van der Waals surface area contributed by atoms with Crippen LogP contribution < -0.4 is 10.6 Å². The number of nitrogens with zero attached hydrogens (tertiary/aromatic N) is 3. The fraction of sp³-hybridized carbons (Fsp3) is 0.579. The summed E-state index contributed by atoms with van der Waals surface area (Å²) in [6.07, 6.45) is 1.44. The Bertz CT molecular complexity index is 799. The molecule has 1 aromatic rings. The van der Waals surface area contributed by atoms with Gasteiger partial charge in [0.1, 0.15) is 0 Å². The van der Waals surface area contributed by atoms with Crippen molar-refractivity contribution in [2.24, 2.45) is 4.99 Å². The predicted molar refractivity (Wildman–Crippen MR) is 128 cm³/mol. The minimum absolute atomic E-state index is 0. The van der Waals surface area contributed by atoms with E-state index >= 15 is 0 Å². The van der Waals surface area contributed by atoms with Crippen LogP contribution in [0.2, 0.25) is 0 Å². The summed E-state index contributed by atoms with van der Waals surface area (Å²) in [5.74, 6) is 0.894. The van der Waals surface area contributed by atoms with Gasteiger partial charge in [-0.3, -0.25) is 9.79 Å². The molecule has 0 saturated carbocycles. The van der Waals surface area contributed by atoms with Crippen LogP contribution in [0.4, 0.5) is 0 Å². The molecule has 8 nitrogen and oxygen atoms in total. The second-order valence-corrected chi connectivity index (χ2v) is 8.99. The fourth-order valence-electron chi connectivity index (χ4n) is 3.00. The predicted octanol–water partition coefficient (Wildman–Crippen LogP) is 1.14. The first-order valence-corrected chi connectivity index (χ1v) is 11.2. The topological polar surface area (TPSA) is 94.1 Å². The Balaban J connectivity index is 0.00000420. The van der Waals surface area contributed by atoms with E-state index in [-0.39, 0.29) is 35.6 Å². The van der Waals surface area contributed by atoms with Crippen LogP contribution in [-0.2, 0) is 16.4 Å². The zero-order chi connectivity index (χ0) is 20.6. The summed E-state index contributed by atoms with van der Waals surface area (Å²) >= 11 is 0. The number of halogens is 1. The van der Waals surface area contributed by atoms with Crippen molar-refractivity contribution < 1.29 is 13.2 Å². The van der Waals surface area contributed by atoms with Crippen molar-refractivity contribution in [3.05, 3.63) is 35.4 Å². The Morgan fingerprint density at radius 3 is 2.66 bits per heavy atom. The molecule has 29 heavy (non-hydrogen) atoms. The quantitative estimate of drug-likeness (QED) is 0.295. The molecule has 1 fully saturated rings. The number of benzene rings is 1. The fourth-order valence-corrected chi connectivity index (χ4v) is 4.52. The van der Waals surface area contributed by atoms with E-state index in [1.165, 1.54) is 4.31 Å². The van der Waals surface area contributed by atoms with Crippen molar-refractivity contribution in [2.75, 3.05) is 52.6 Å². The highest BCUT2D eigenvalue weighted by Gasteiger charge is 2.27. The highest BCUT2D eigenvalue weighted by atomic mass is 127. The lowest BCUT2D eigenvalue weighted by molar-refractivity contribution is 0.0827. The summed E-state index contributed by atoms with van der Waals surface area (Å²) in [7, 11) is 0.403. The third kappa shape index (κ3) is 8.09. The number of amides is 1. The molecule has 2 rings (SSSR count). The van der Waals surface area contributed by atoms with Crippen LogP contribution in [0.5, 0.6) is 0 Å². The molecule has 1 aliphatic rings. The van der Waals surface area contributed by atoms with E-state index in [1.807, 2.05) is 31.2 Å². The number of hydrogen-bond donors (Lipinski definition) is 2. The van der Waals surface area contributed by atoms with Crippen molar-refractivity contribution in [3.8, 4) is 0 Å². The number of guanidine groups is 1. The number of carbonyl (C=O) groups is 1. The van der Waals surface area contributed by atoms with Crippen molar-refractivity contribution in [1.82, 2.24) is 19.8 Å². The SMILES string of the molecule is CCNC(=NCCN1CCCS1(=O)=O)NCCc1cccc(C(=O)N(C)C)c1.I. The van der Waals surface area contributed by atoms with E-state index in [9.17, 15) is 13.2 Å². The molecular weight excluding hydrogens is 505 g/mol. The van der Waals surface area contributed by atoms with Crippen molar-refractivity contribution in [2.45, 2.75) is 19.8 Å². The minimum atomic E-state index is -3.08. The Labute approximate surface area is 191 Å². The summed E-state index contributed by atoms with van der Waals surface area (Å²) < 4.78 is 25.2. The van der Waals surface area contributed by atoms with E-state index in [0.717, 1.165) is 18.5 Å². The van der Waals surface area contributed by atoms with Gasteiger partial charge >= 0.3 is 0 Å². The standard InChI is InChI=1S/C19H31N5O3S.HI/c1-4-20-19(22-11-13-24-12-6-14-28(24,26)27)21-10-9-16-7-5-8-17(15-16)18(25)23(2)3;/h5,7-8,15H,4,6,9-14H2,1-3H3,(H2,20,21,22);1H. The maximum atomic E-state index is 12.1. The molecule has 0 aromatic heterocycles. The second-order valence-electron chi connectivity index (χ2n) is 6.91. The molecule has 1 aromatic carbocycles. The van der Waals surface area contributed by atoms with Crippen molar-refractivity contribution >= 4 is 45.9 Å². The molecule has 0 bridgehead atoms. The lowest BCUT2D eigenvalue weighted by Crippen LogP contribution is -2.39. The maximum Gasteiger partial charge on any atom is 0.253 e. The lowest BCUT2D eigenvalue weighted by Gasteiger charge is -2.15. The Morgan fingerprint density at radius 2 is 2.03 bits per heavy atom. The molecule has 0 atom stereocenters. The van der Waals surface area contributed by atoms with Crippen LogP contribution in [0, 0.1) is 0 Å². The van der Waals surface area contributed by atoms with Crippen LogP contribution in [0.25, 0.3) is 0 Å². The molecular formula is C19H32IN5O3S. The van der Waals surface area contributed by atoms with Crippen LogP contribution in [0.3, 0.4) is 0 Å². The first-order chi connectivity index (χ1) is 13.3. The average Bonchev–Trinajstić information content (AvgIpc) is 2.99. The molecule has 1 saturated heterocycles. The van der Waals surface area contributed by atoms with E-state index in [1.54, 1.807) is 19.0 Å². The van der Waals surface area contributed by atoms with Gasteiger partial charge in [-0.05, 0) is 37.5 Å². The van der Waals surface area contributed by atoms with Crippen molar-refractivity contribution in [3.63, 3.8) is 0 Å². The van der Waals surface area contributed by atoms with E-state index in [0.29, 0.717) is 44.1 Å². The van der Waals surface area contributed by atoms with Gasteiger partial charge in [-0.15, -0.1) is 24.0 Å². The number of nitrogens with one attached hydrogen (secondary N) is 2. The van der Waals surface area contributed by atoms with Crippen LogP contribution >= 0.6 is 24.0 Å². The molecule has 1 heterocycles. The summed E-state index contributed by atoms with van der Waals surface area (Å²) in [6.45, 7) is 4.78. The monoisotopic (exact) mass is 537 g/mol. The van der Waals surface area contributed by atoms with E-state index in [2.05, 4.69) is 15.6 Å². The van der Waals surface area contributed by atoms with Gasteiger partial charge in [-0.2, -0.15) is 0 Å². The molecule has 0 unspecified atom stereocenters. The first kappa shape index (κ1) is 25.6. The smallest absolute Gasteiger partial charge is 0.253 e. The Hall–Kier alpha value is -1.40. The van der Waals surface area contributed by atoms with Crippen molar-refractivity contribution in [1.29, 1.82) is 0 Å². The number of sulfonamides is 1. The summed E-state index contributed by atoms with van der Waals surface area (Å²) in [6, 6.07) is 7.61. The van der Waals surface area contributed by atoms with Crippen LogP contribution in [0.1, 0.15) is 29.3 Å². The van der Waals surface area contributed by atoms with Gasteiger partial charge in [0.25, 0.3) is 5.91 Å². The van der Waals surface area contributed by atoms with Gasteiger partial charge in [-0.25, -0.2) is 12.7 Å². The number of hydrogen-bond acceptors (Lipinski definition) is 4. The first-order valence-electron chi connectivity index (χ1n) is 9.64.